The van der Waals surface area contributed by atoms with Crippen LogP contribution in [0.2, 0.25) is 16.6 Å². The lowest BCUT2D eigenvalue weighted by Gasteiger charge is -2.58. The van der Waals surface area contributed by atoms with Crippen molar-refractivity contribution in [1.82, 2.24) is 0 Å². The maximum absolute atomic E-state index is 15.8. The highest BCUT2D eigenvalue weighted by Gasteiger charge is 2.71. The fraction of sp³-hybridized carbons (Fsp3) is 0.410. The number of nitrogens with zero attached hydrogens (tertiary/aromatic N) is 1. The molecular formula is C39H47NO4SSi. The highest BCUT2D eigenvalue weighted by molar-refractivity contribution is 7.93. The molecule has 1 amide bonds. The van der Waals surface area contributed by atoms with Crippen molar-refractivity contribution in [2.24, 2.45) is 11.3 Å². The van der Waals surface area contributed by atoms with Crippen molar-refractivity contribution in [1.29, 1.82) is 0 Å². The molecule has 6 rings (SSSR count). The molecule has 0 N–H and O–H groups in total. The summed E-state index contributed by atoms with van der Waals surface area (Å²) in [6, 6.07) is 24.7. The Morgan fingerprint density at radius 2 is 1.39 bits per heavy atom. The largest absolute Gasteiger partial charge is 0.492 e. The van der Waals surface area contributed by atoms with Crippen LogP contribution >= 0.6 is 0 Å². The molecule has 3 aromatic rings. The van der Waals surface area contributed by atoms with E-state index < -0.39 is 28.9 Å². The molecule has 3 aromatic carbocycles. The monoisotopic (exact) mass is 653 g/mol. The second-order valence-electron chi connectivity index (χ2n) is 14.8. The van der Waals surface area contributed by atoms with Crippen molar-refractivity contribution in [3.05, 3.63) is 112 Å². The second-order valence-corrected chi connectivity index (χ2v) is 22.5. The lowest BCUT2D eigenvalue weighted by Crippen LogP contribution is -2.64. The third-order valence-corrected chi connectivity index (χ3v) is 20.4. The summed E-state index contributed by atoms with van der Waals surface area (Å²) in [6.45, 7) is 20.6. The fourth-order valence-corrected chi connectivity index (χ4v) is 18.6. The molecule has 7 heteroatoms. The zero-order chi connectivity index (χ0) is 33.4. The Labute approximate surface area is 276 Å². The minimum atomic E-state index is -4.22. The molecule has 0 saturated heterocycles. The van der Waals surface area contributed by atoms with E-state index in [2.05, 4.69) is 73.6 Å². The smallest absolute Gasteiger partial charge is 0.270 e. The molecule has 2 heterocycles. The minimum Gasteiger partial charge on any atom is -0.492 e. The van der Waals surface area contributed by atoms with Gasteiger partial charge in [-0.3, -0.25) is 4.79 Å². The lowest BCUT2D eigenvalue weighted by atomic mass is 9.52. The molecule has 46 heavy (non-hydrogen) atoms. The summed E-state index contributed by atoms with van der Waals surface area (Å²) in [6.07, 6.45) is 2.33. The molecule has 0 fully saturated rings. The molecule has 0 bridgehead atoms. The highest BCUT2D eigenvalue weighted by Crippen LogP contribution is 2.68. The number of allylic oxidation sites excluding steroid dienone is 1. The van der Waals surface area contributed by atoms with E-state index in [-0.39, 0.29) is 33.3 Å². The number of para-hydroxylation sites is 1. The van der Waals surface area contributed by atoms with Crippen molar-refractivity contribution in [3.8, 4) is 0 Å². The number of hydrogen-bond donors (Lipinski definition) is 0. The molecule has 3 aliphatic rings. The highest BCUT2D eigenvalue weighted by atomic mass is 32.2. The second kappa shape index (κ2) is 11.1. The number of carbonyl (C=O) groups is 1. The van der Waals surface area contributed by atoms with Crippen LogP contribution in [0.4, 0.5) is 5.69 Å². The van der Waals surface area contributed by atoms with E-state index in [0.717, 1.165) is 37.5 Å². The SMILES string of the molecule is Cc1ccc(S(=O)(=O)N2C(=O)[C@@]3(C([Si](C(C)C)(C(C)C)C(C)C)=CC4=C(c5ccccc5)OC[C@@H]4C3(C)C)c3ccccc32)cc1. The Kier molecular flexibility index (Phi) is 7.84. The van der Waals surface area contributed by atoms with Crippen LogP contribution in [-0.2, 0) is 25.0 Å². The first-order chi connectivity index (χ1) is 21.7. The number of hydrogen-bond acceptors (Lipinski definition) is 4. The first-order valence-electron chi connectivity index (χ1n) is 16.6. The summed E-state index contributed by atoms with van der Waals surface area (Å²) in [5, 5.41) is 1.13. The van der Waals surface area contributed by atoms with Gasteiger partial charge >= 0.3 is 0 Å². The van der Waals surface area contributed by atoms with Crippen LogP contribution in [0.15, 0.2) is 101 Å². The molecule has 0 aromatic heterocycles. The number of fused-ring (bicyclic) bond motifs is 3. The standard InChI is InChI=1S/C39H47NO4SSi/c1-25(2)46(26(3)4,27(5)6)35-23-31-33(24-44-36(31)29-15-11-10-12-16-29)38(8,9)39(35)32-17-13-14-18-34(32)40(37(39)41)45(42,43)30-21-19-28(7)20-22-30/h10-23,25-27,33H,24H2,1-9H3/t33-,39-/m0/s1. The number of benzene rings is 3. The van der Waals surface area contributed by atoms with Crippen molar-refractivity contribution in [3.63, 3.8) is 0 Å². The average Bonchev–Trinajstić information content (AvgIpc) is 3.54. The Balaban J connectivity index is 1.75. The number of amides is 1. The van der Waals surface area contributed by atoms with Gasteiger partial charge in [-0.2, -0.15) is 0 Å². The Morgan fingerprint density at radius 1 is 0.826 bits per heavy atom. The third-order valence-electron chi connectivity index (χ3n) is 11.5. The zero-order valence-electron chi connectivity index (χ0n) is 28.6. The maximum Gasteiger partial charge on any atom is 0.270 e. The molecule has 0 saturated carbocycles. The van der Waals surface area contributed by atoms with Crippen LogP contribution in [0.25, 0.3) is 5.76 Å². The third kappa shape index (κ3) is 4.16. The van der Waals surface area contributed by atoms with Crippen LogP contribution < -0.4 is 4.31 Å². The average molecular weight is 654 g/mol. The van der Waals surface area contributed by atoms with Crippen molar-refractivity contribution in [2.45, 2.75) is 89.2 Å². The fourth-order valence-electron chi connectivity index (χ4n) is 9.64. The molecule has 1 aliphatic carbocycles. The van der Waals surface area contributed by atoms with Crippen LogP contribution in [-0.4, -0.2) is 29.0 Å². The topological polar surface area (TPSA) is 63.7 Å². The van der Waals surface area contributed by atoms with E-state index in [1.807, 2.05) is 49.4 Å². The Bertz CT molecular complexity index is 1830. The number of ether oxygens (including phenoxy) is 1. The Hall–Kier alpha value is -3.42. The van der Waals surface area contributed by atoms with E-state index >= 15 is 4.79 Å². The predicted molar refractivity (Wildman–Crippen MR) is 190 cm³/mol. The first kappa shape index (κ1) is 32.5. The summed E-state index contributed by atoms with van der Waals surface area (Å²) in [4.78, 5) is 15.9. The normalized spacial score (nSPS) is 22.5. The van der Waals surface area contributed by atoms with Gasteiger partial charge in [-0.25, -0.2) is 12.7 Å². The zero-order valence-corrected chi connectivity index (χ0v) is 30.4. The summed E-state index contributed by atoms with van der Waals surface area (Å²) in [5.41, 5.74) is 3.30. The minimum absolute atomic E-state index is 0.119. The van der Waals surface area contributed by atoms with E-state index in [4.69, 9.17) is 4.74 Å². The van der Waals surface area contributed by atoms with Crippen LogP contribution in [0.3, 0.4) is 0 Å². The summed E-state index contributed by atoms with van der Waals surface area (Å²) in [5.74, 6) is 0.383. The van der Waals surface area contributed by atoms with Gasteiger partial charge in [-0.15, -0.1) is 0 Å². The van der Waals surface area contributed by atoms with Gasteiger partial charge < -0.3 is 4.74 Å². The summed E-state index contributed by atoms with van der Waals surface area (Å²) >= 11 is 0. The van der Waals surface area contributed by atoms with E-state index in [0.29, 0.717) is 12.3 Å². The van der Waals surface area contributed by atoms with Gasteiger partial charge in [-0.1, -0.05) is 133 Å². The van der Waals surface area contributed by atoms with Gasteiger partial charge in [-0.05, 0) is 52.7 Å². The van der Waals surface area contributed by atoms with Crippen LogP contribution in [0, 0.1) is 18.3 Å². The summed E-state index contributed by atoms with van der Waals surface area (Å²) < 4.78 is 37.0. The van der Waals surface area contributed by atoms with Gasteiger partial charge in [0.1, 0.15) is 11.2 Å². The molecule has 2 atom stereocenters. The van der Waals surface area contributed by atoms with E-state index in [1.54, 1.807) is 24.3 Å². The van der Waals surface area contributed by atoms with Gasteiger partial charge in [0.15, 0.2) is 0 Å². The van der Waals surface area contributed by atoms with Gasteiger partial charge in [0.05, 0.1) is 25.3 Å². The van der Waals surface area contributed by atoms with Gasteiger partial charge in [0, 0.05) is 17.1 Å². The molecule has 2 aliphatic heterocycles. The first-order valence-corrected chi connectivity index (χ1v) is 20.2. The van der Waals surface area contributed by atoms with Crippen LogP contribution in [0.1, 0.15) is 72.1 Å². The number of rotatable bonds is 7. The van der Waals surface area contributed by atoms with Gasteiger partial charge in [0.2, 0.25) is 0 Å². The van der Waals surface area contributed by atoms with Crippen molar-refractivity contribution in [2.75, 3.05) is 10.9 Å². The lowest BCUT2D eigenvalue weighted by molar-refractivity contribution is -0.125. The molecule has 0 unspecified atom stereocenters. The predicted octanol–water partition coefficient (Wildman–Crippen LogP) is 9.21. The van der Waals surface area contributed by atoms with E-state index in [9.17, 15) is 8.42 Å². The molecule has 242 valence electrons. The maximum atomic E-state index is 15.8. The molecular weight excluding hydrogens is 607 g/mol. The molecule has 0 radical (unpaired) electrons. The number of carbonyl (C=O) groups excluding carboxylic acids is 1. The van der Waals surface area contributed by atoms with Crippen molar-refractivity contribution >= 4 is 35.5 Å². The number of anilines is 1. The number of sulfonamides is 1. The van der Waals surface area contributed by atoms with Crippen LogP contribution in [0.5, 0.6) is 0 Å². The van der Waals surface area contributed by atoms with Crippen molar-refractivity contribution < 1.29 is 17.9 Å². The summed E-state index contributed by atoms with van der Waals surface area (Å²) in [7, 11) is -6.82. The Morgan fingerprint density at radius 3 is 1.98 bits per heavy atom. The van der Waals surface area contributed by atoms with E-state index in [1.165, 1.54) is 0 Å². The van der Waals surface area contributed by atoms with Gasteiger partial charge in [0.25, 0.3) is 15.9 Å². The molecule has 5 nitrogen and oxygen atoms in total. The quantitative estimate of drug-likeness (QED) is 0.239. The molecule has 1 spiro atoms. The number of aryl methyl sites for hydroxylation is 1.